The summed E-state index contributed by atoms with van der Waals surface area (Å²) in [6.07, 6.45) is 4.38. The number of rotatable bonds is 7. The molecular weight excluding hydrogens is 382 g/mol. The highest BCUT2D eigenvalue weighted by atomic mass is 32.1. The van der Waals surface area contributed by atoms with Crippen LogP contribution in [0.5, 0.6) is 0 Å². The Morgan fingerprint density at radius 1 is 1.10 bits per heavy atom. The fraction of sp³-hybridized carbons (Fsp3) is 0.478. The van der Waals surface area contributed by atoms with Crippen LogP contribution in [0.4, 0.5) is 5.69 Å². The third-order valence-electron chi connectivity index (χ3n) is 5.95. The van der Waals surface area contributed by atoms with E-state index in [0.29, 0.717) is 12.1 Å². The Morgan fingerprint density at radius 2 is 1.83 bits per heavy atom. The number of likely N-dealkylation sites (tertiary alicyclic amines) is 1. The molecule has 2 aromatic rings. The molecule has 4 rings (SSSR count). The van der Waals surface area contributed by atoms with Gasteiger partial charge in [0, 0.05) is 28.6 Å². The molecule has 1 saturated heterocycles. The van der Waals surface area contributed by atoms with Gasteiger partial charge in [0.05, 0.1) is 6.04 Å². The lowest BCUT2D eigenvalue weighted by Gasteiger charge is -2.36. The summed E-state index contributed by atoms with van der Waals surface area (Å²) in [6.45, 7) is 5.08. The first-order chi connectivity index (χ1) is 14.1. The molecule has 2 heterocycles. The van der Waals surface area contributed by atoms with Crippen LogP contribution in [0, 0.1) is 11.8 Å². The topological polar surface area (TPSA) is 61.4 Å². The van der Waals surface area contributed by atoms with Crippen LogP contribution in [-0.4, -0.2) is 36.3 Å². The van der Waals surface area contributed by atoms with Gasteiger partial charge in [0.2, 0.25) is 5.91 Å². The summed E-state index contributed by atoms with van der Waals surface area (Å²) in [4.78, 5) is 28.4. The number of nitrogens with zero attached hydrogens (tertiary/aromatic N) is 1. The Balaban J connectivity index is 1.35. The van der Waals surface area contributed by atoms with E-state index in [-0.39, 0.29) is 23.8 Å². The zero-order chi connectivity index (χ0) is 20.2. The van der Waals surface area contributed by atoms with E-state index < -0.39 is 0 Å². The highest BCUT2D eigenvalue weighted by Gasteiger charge is 2.29. The van der Waals surface area contributed by atoms with Crippen LogP contribution in [0.3, 0.4) is 0 Å². The quantitative estimate of drug-likeness (QED) is 0.714. The van der Waals surface area contributed by atoms with E-state index >= 15 is 0 Å². The molecular formula is C23H29N3O2S. The molecule has 2 fully saturated rings. The standard InChI is InChI=1S/C23H29N3O2S/c1-16-10-12-26(13-11-16)20(21-3-2-14-29-21)15-24-22(27)17-6-8-19(9-7-17)25-23(28)18-4-5-18/h2-3,6-9,14,16,18,20H,4-5,10-13,15H2,1H3,(H,24,27)(H,25,28). The summed E-state index contributed by atoms with van der Waals surface area (Å²) in [5.41, 5.74) is 1.36. The second-order valence-corrected chi connectivity index (χ2v) is 9.28. The molecule has 5 nitrogen and oxygen atoms in total. The normalized spacial score (nSPS) is 18.9. The van der Waals surface area contributed by atoms with E-state index in [1.807, 2.05) is 0 Å². The Kier molecular flexibility index (Phi) is 6.31. The van der Waals surface area contributed by atoms with Crippen LogP contribution in [0.15, 0.2) is 41.8 Å². The molecule has 1 atom stereocenters. The highest BCUT2D eigenvalue weighted by molar-refractivity contribution is 7.10. The van der Waals surface area contributed by atoms with Gasteiger partial charge in [0.15, 0.2) is 0 Å². The number of thiophene rings is 1. The fourth-order valence-corrected chi connectivity index (χ4v) is 4.68. The zero-order valence-corrected chi connectivity index (χ0v) is 17.7. The molecule has 2 amide bonds. The maximum Gasteiger partial charge on any atom is 0.251 e. The number of amides is 2. The molecule has 1 aliphatic carbocycles. The number of benzene rings is 1. The third-order valence-corrected chi connectivity index (χ3v) is 6.92. The summed E-state index contributed by atoms with van der Waals surface area (Å²) in [5.74, 6) is 0.961. The van der Waals surface area contributed by atoms with Gasteiger partial charge < -0.3 is 10.6 Å². The van der Waals surface area contributed by atoms with E-state index in [9.17, 15) is 9.59 Å². The van der Waals surface area contributed by atoms with E-state index in [2.05, 4.69) is 40.0 Å². The minimum absolute atomic E-state index is 0.0722. The third kappa shape index (κ3) is 5.25. The van der Waals surface area contributed by atoms with Crippen molar-refractivity contribution < 1.29 is 9.59 Å². The molecule has 2 aliphatic rings. The number of hydrogen-bond donors (Lipinski definition) is 2. The molecule has 1 saturated carbocycles. The molecule has 0 radical (unpaired) electrons. The van der Waals surface area contributed by atoms with Crippen LogP contribution in [-0.2, 0) is 4.79 Å². The molecule has 0 spiro atoms. The van der Waals surface area contributed by atoms with Crippen molar-refractivity contribution in [2.45, 2.75) is 38.6 Å². The van der Waals surface area contributed by atoms with E-state index in [1.54, 1.807) is 35.6 Å². The molecule has 154 valence electrons. The number of hydrogen-bond acceptors (Lipinski definition) is 4. The van der Waals surface area contributed by atoms with Crippen molar-refractivity contribution in [1.29, 1.82) is 0 Å². The average molecular weight is 412 g/mol. The first-order valence-corrected chi connectivity index (χ1v) is 11.4. The van der Waals surface area contributed by atoms with Crippen molar-refractivity contribution >= 4 is 28.8 Å². The first-order valence-electron chi connectivity index (χ1n) is 10.6. The van der Waals surface area contributed by atoms with Crippen molar-refractivity contribution in [2.24, 2.45) is 11.8 Å². The molecule has 1 aromatic heterocycles. The number of piperidine rings is 1. The van der Waals surface area contributed by atoms with E-state index in [1.165, 1.54) is 17.7 Å². The van der Waals surface area contributed by atoms with Gasteiger partial charge in [-0.1, -0.05) is 13.0 Å². The lowest BCUT2D eigenvalue weighted by atomic mass is 9.97. The summed E-state index contributed by atoms with van der Waals surface area (Å²) >= 11 is 1.75. The maximum atomic E-state index is 12.7. The van der Waals surface area contributed by atoms with Crippen LogP contribution < -0.4 is 10.6 Å². The summed E-state index contributed by atoms with van der Waals surface area (Å²) < 4.78 is 0. The number of nitrogens with one attached hydrogen (secondary N) is 2. The van der Waals surface area contributed by atoms with Gasteiger partial charge in [-0.2, -0.15) is 0 Å². The molecule has 2 N–H and O–H groups in total. The van der Waals surface area contributed by atoms with Crippen molar-refractivity contribution in [3.63, 3.8) is 0 Å². The van der Waals surface area contributed by atoms with E-state index in [0.717, 1.165) is 37.5 Å². The molecule has 29 heavy (non-hydrogen) atoms. The highest BCUT2D eigenvalue weighted by Crippen LogP contribution is 2.30. The molecule has 6 heteroatoms. The second-order valence-electron chi connectivity index (χ2n) is 8.30. The monoisotopic (exact) mass is 411 g/mol. The van der Waals surface area contributed by atoms with Gasteiger partial charge in [-0.25, -0.2) is 0 Å². The lowest BCUT2D eigenvalue weighted by Crippen LogP contribution is -2.41. The predicted molar refractivity (Wildman–Crippen MR) is 117 cm³/mol. The zero-order valence-electron chi connectivity index (χ0n) is 16.9. The predicted octanol–water partition coefficient (Wildman–Crippen LogP) is 4.30. The molecule has 0 bridgehead atoms. The van der Waals surface area contributed by atoms with Crippen molar-refractivity contribution in [1.82, 2.24) is 10.2 Å². The molecule has 1 aliphatic heterocycles. The minimum Gasteiger partial charge on any atom is -0.350 e. The summed E-state index contributed by atoms with van der Waals surface area (Å²) in [5, 5.41) is 8.13. The molecule has 1 unspecified atom stereocenters. The smallest absolute Gasteiger partial charge is 0.251 e. The van der Waals surface area contributed by atoms with Gasteiger partial charge >= 0.3 is 0 Å². The SMILES string of the molecule is CC1CCN(C(CNC(=O)c2ccc(NC(=O)C3CC3)cc2)c2cccs2)CC1. The second kappa shape index (κ2) is 9.09. The summed E-state index contributed by atoms with van der Waals surface area (Å²) in [7, 11) is 0. The van der Waals surface area contributed by atoms with Gasteiger partial charge in [-0.3, -0.25) is 14.5 Å². The number of carbonyl (C=O) groups excluding carboxylic acids is 2. The fourth-order valence-electron chi connectivity index (χ4n) is 3.82. The van der Waals surface area contributed by atoms with Crippen molar-refractivity contribution in [3.8, 4) is 0 Å². The minimum atomic E-state index is -0.0722. The van der Waals surface area contributed by atoms with E-state index in [4.69, 9.17) is 0 Å². The average Bonchev–Trinajstić information content (AvgIpc) is 3.46. The molecule has 1 aromatic carbocycles. The Morgan fingerprint density at radius 3 is 2.45 bits per heavy atom. The number of carbonyl (C=O) groups is 2. The van der Waals surface area contributed by atoms with Crippen molar-refractivity contribution in [3.05, 3.63) is 52.2 Å². The first kappa shape index (κ1) is 20.1. The van der Waals surface area contributed by atoms with Gasteiger partial charge in [0.25, 0.3) is 5.91 Å². The summed E-state index contributed by atoms with van der Waals surface area (Å²) in [6, 6.07) is 11.6. The Hall–Kier alpha value is -2.18. The van der Waals surface area contributed by atoms with Gasteiger partial charge in [-0.05, 0) is 80.4 Å². The van der Waals surface area contributed by atoms with Crippen LogP contribution in [0.1, 0.15) is 53.9 Å². The number of anilines is 1. The lowest BCUT2D eigenvalue weighted by molar-refractivity contribution is -0.117. The van der Waals surface area contributed by atoms with Crippen molar-refractivity contribution in [2.75, 3.05) is 25.0 Å². The van der Waals surface area contributed by atoms with Crippen LogP contribution >= 0.6 is 11.3 Å². The largest absolute Gasteiger partial charge is 0.350 e. The Bertz CT molecular complexity index is 822. The Labute approximate surface area is 176 Å². The van der Waals surface area contributed by atoms with Gasteiger partial charge in [-0.15, -0.1) is 11.3 Å². The van der Waals surface area contributed by atoms with Crippen LogP contribution in [0.2, 0.25) is 0 Å². The van der Waals surface area contributed by atoms with Gasteiger partial charge in [0.1, 0.15) is 0 Å². The maximum absolute atomic E-state index is 12.7. The van der Waals surface area contributed by atoms with Crippen LogP contribution in [0.25, 0.3) is 0 Å².